The summed E-state index contributed by atoms with van der Waals surface area (Å²) in [5.41, 5.74) is 9.52. The molecule has 0 fully saturated rings. The van der Waals surface area contributed by atoms with Crippen LogP contribution in [0.4, 0.5) is 17.1 Å². The highest BCUT2D eigenvalue weighted by Gasteiger charge is 2.22. The third kappa shape index (κ3) is 2.30. The predicted molar refractivity (Wildman–Crippen MR) is 84.1 cm³/mol. The largest absolute Gasteiger partial charge is 0.330 e. The Balaban J connectivity index is 2.06. The molecule has 1 heterocycles. The average molecular weight is 332 g/mol. The number of amides is 1. The van der Waals surface area contributed by atoms with Crippen molar-refractivity contribution >= 4 is 38.9 Å². The molecule has 2 aromatic rings. The van der Waals surface area contributed by atoms with E-state index >= 15 is 0 Å². The van der Waals surface area contributed by atoms with Crippen molar-refractivity contribution in [2.75, 3.05) is 16.8 Å². The van der Waals surface area contributed by atoms with E-state index in [2.05, 4.69) is 21.2 Å². The van der Waals surface area contributed by atoms with Gasteiger partial charge in [-0.05, 0) is 29.8 Å². The smallest absolute Gasteiger partial charge is 0.244 e. The van der Waals surface area contributed by atoms with Crippen molar-refractivity contribution in [3.63, 3.8) is 0 Å². The minimum atomic E-state index is -0.0114. The lowest BCUT2D eigenvalue weighted by molar-refractivity contribution is -0.115. The van der Waals surface area contributed by atoms with E-state index in [0.29, 0.717) is 13.1 Å². The number of para-hydroxylation sites is 2. The van der Waals surface area contributed by atoms with Crippen LogP contribution in [0.3, 0.4) is 0 Å². The van der Waals surface area contributed by atoms with Crippen LogP contribution in [0.15, 0.2) is 46.9 Å². The fourth-order valence-electron chi connectivity index (χ4n) is 2.33. The predicted octanol–water partition coefficient (Wildman–Crippen LogP) is 3.00. The number of nitrogens with two attached hydrogens (primary N) is 1. The van der Waals surface area contributed by atoms with Crippen molar-refractivity contribution in [3.8, 4) is 0 Å². The van der Waals surface area contributed by atoms with Gasteiger partial charge in [-0.1, -0.05) is 34.1 Å². The highest BCUT2D eigenvalue weighted by Crippen LogP contribution is 2.36. The summed E-state index contributed by atoms with van der Waals surface area (Å²) in [4.78, 5) is 13.8. The summed E-state index contributed by atoms with van der Waals surface area (Å²) in [6.45, 7) is 0.795. The van der Waals surface area contributed by atoms with Gasteiger partial charge in [0.1, 0.15) is 6.54 Å². The maximum absolute atomic E-state index is 11.8. The molecule has 1 aliphatic rings. The molecule has 0 saturated carbocycles. The summed E-state index contributed by atoms with van der Waals surface area (Å²) < 4.78 is 0.959. The molecule has 1 amide bonds. The summed E-state index contributed by atoms with van der Waals surface area (Å²) in [6.07, 6.45) is 0. The first-order valence-corrected chi connectivity index (χ1v) is 7.13. The maximum Gasteiger partial charge on any atom is 0.244 e. The van der Waals surface area contributed by atoms with Gasteiger partial charge in [0.05, 0.1) is 11.4 Å². The SMILES string of the molecule is NCc1ccc(N2CC(=O)Nc3ccccc32)cc1Br. The summed E-state index contributed by atoms with van der Waals surface area (Å²) >= 11 is 3.52. The van der Waals surface area contributed by atoms with E-state index in [4.69, 9.17) is 5.73 Å². The molecule has 1 aliphatic heterocycles. The Labute approximate surface area is 125 Å². The molecule has 0 unspecified atom stereocenters. The normalized spacial score (nSPS) is 13.9. The summed E-state index contributed by atoms with van der Waals surface area (Å²) in [5, 5.41) is 2.88. The molecule has 0 aromatic heterocycles. The van der Waals surface area contributed by atoms with Gasteiger partial charge in [-0.3, -0.25) is 4.79 Å². The molecule has 3 N–H and O–H groups in total. The second-order valence-corrected chi connectivity index (χ2v) is 5.49. The summed E-state index contributed by atoms with van der Waals surface area (Å²) in [7, 11) is 0. The number of fused-ring (bicyclic) bond motifs is 1. The standard InChI is InChI=1S/C15H14BrN3O/c16-12-7-11(6-5-10(12)8-17)19-9-15(20)18-13-3-1-2-4-14(13)19/h1-7H,8-9,17H2,(H,18,20). The van der Waals surface area contributed by atoms with Crippen LogP contribution >= 0.6 is 15.9 Å². The number of carbonyl (C=O) groups is 1. The zero-order valence-electron chi connectivity index (χ0n) is 10.8. The van der Waals surface area contributed by atoms with Gasteiger partial charge >= 0.3 is 0 Å². The quantitative estimate of drug-likeness (QED) is 0.889. The lowest BCUT2D eigenvalue weighted by atomic mass is 10.1. The Bertz CT molecular complexity index is 672. The van der Waals surface area contributed by atoms with Gasteiger partial charge in [-0.2, -0.15) is 0 Å². The molecular weight excluding hydrogens is 318 g/mol. The average Bonchev–Trinajstić information content (AvgIpc) is 2.46. The number of hydrogen-bond donors (Lipinski definition) is 2. The maximum atomic E-state index is 11.8. The monoisotopic (exact) mass is 331 g/mol. The molecule has 4 nitrogen and oxygen atoms in total. The Morgan fingerprint density at radius 3 is 2.80 bits per heavy atom. The molecule has 5 heteroatoms. The number of anilines is 3. The van der Waals surface area contributed by atoms with Gasteiger partial charge in [0, 0.05) is 16.7 Å². The van der Waals surface area contributed by atoms with Crippen LogP contribution < -0.4 is 16.0 Å². The molecule has 0 atom stereocenters. The van der Waals surface area contributed by atoms with Crippen LogP contribution in [-0.4, -0.2) is 12.5 Å². The van der Waals surface area contributed by atoms with Crippen molar-refractivity contribution < 1.29 is 4.79 Å². The molecule has 0 aliphatic carbocycles. The summed E-state index contributed by atoms with van der Waals surface area (Å²) in [5.74, 6) is -0.0114. The Hall–Kier alpha value is -1.85. The van der Waals surface area contributed by atoms with E-state index in [0.717, 1.165) is 27.1 Å². The zero-order valence-corrected chi connectivity index (χ0v) is 12.4. The lowest BCUT2D eigenvalue weighted by Gasteiger charge is -2.31. The van der Waals surface area contributed by atoms with E-state index in [-0.39, 0.29) is 5.91 Å². The van der Waals surface area contributed by atoms with Crippen LogP contribution in [0, 0.1) is 0 Å². The van der Waals surface area contributed by atoms with Gasteiger partial charge in [-0.25, -0.2) is 0 Å². The number of hydrogen-bond acceptors (Lipinski definition) is 3. The Morgan fingerprint density at radius 2 is 2.05 bits per heavy atom. The van der Waals surface area contributed by atoms with E-state index in [9.17, 15) is 4.79 Å². The number of halogens is 1. The minimum absolute atomic E-state index is 0.0114. The first-order chi connectivity index (χ1) is 9.69. The van der Waals surface area contributed by atoms with Crippen LogP contribution in [0.2, 0.25) is 0 Å². The molecule has 0 spiro atoms. The zero-order chi connectivity index (χ0) is 14.1. The van der Waals surface area contributed by atoms with Crippen molar-refractivity contribution in [2.24, 2.45) is 5.73 Å². The highest BCUT2D eigenvalue weighted by molar-refractivity contribution is 9.10. The van der Waals surface area contributed by atoms with Crippen molar-refractivity contribution in [2.45, 2.75) is 6.54 Å². The van der Waals surface area contributed by atoms with Crippen LogP contribution in [0.1, 0.15) is 5.56 Å². The van der Waals surface area contributed by atoms with E-state index in [1.54, 1.807) is 0 Å². The molecule has 3 rings (SSSR count). The fraction of sp³-hybridized carbons (Fsp3) is 0.133. The molecule has 2 aromatic carbocycles. The molecule has 0 radical (unpaired) electrons. The van der Waals surface area contributed by atoms with Crippen LogP contribution in [-0.2, 0) is 11.3 Å². The third-order valence-corrected chi connectivity index (χ3v) is 4.08. The Morgan fingerprint density at radius 1 is 1.25 bits per heavy atom. The van der Waals surface area contributed by atoms with Gasteiger partial charge in [0.25, 0.3) is 0 Å². The van der Waals surface area contributed by atoms with Crippen LogP contribution in [0.5, 0.6) is 0 Å². The van der Waals surface area contributed by atoms with E-state index < -0.39 is 0 Å². The number of rotatable bonds is 2. The van der Waals surface area contributed by atoms with E-state index in [1.165, 1.54) is 0 Å². The molecule has 20 heavy (non-hydrogen) atoms. The van der Waals surface area contributed by atoms with Crippen LogP contribution in [0.25, 0.3) is 0 Å². The first kappa shape index (κ1) is 13.1. The third-order valence-electron chi connectivity index (χ3n) is 3.34. The van der Waals surface area contributed by atoms with Gasteiger partial charge < -0.3 is 16.0 Å². The minimum Gasteiger partial charge on any atom is -0.330 e. The summed E-state index contributed by atoms with van der Waals surface area (Å²) in [6, 6.07) is 13.7. The first-order valence-electron chi connectivity index (χ1n) is 6.34. The second kappa shape index (κ2) is 5.26. The molecule has 0 bridgehead atoms. The number of nitrogens with one attached hydrogen (secondary N) is 1. The topological polar surface area (TPSA) is 58.4 Å². The van der Waals surface area contributed by atoms with Crippen molar-refractivity contribution in [3.05, 3.63) is 52.5 Å². The fourth-order valence-corrected chi connectivity index (χ4v) is 2.86. The second-order valence-electron chi connectivity index (χ2n) is 4.63. The van der Waals surface area contributed by atoms with E-state index in [1.807, 2.05) is 47.4 Å². The molecule has 0 saturated heterocycles. The number of nitrogens with zero attached hydrogens (tertiary/aromatic N) is 1. The lowest BCUT2D eigenvalue weighted by Crippen LogP contribution is -2.34. The van der Waals surface area contributed by atoms with Gasteiger partial charge in [0.15, 0.2) is 0 Å². The van der Waals surface area contributed by atoms with Gasteiger partial charge in [-0.15, -0.1) is 0 Å². The van der Waals surface area contributed by atoms with Crippen molar-refractivity contribution in [1.82, 2.24) is 0 Å². The van der Waals surface area contributed by atoms with Gasteiger partial charge in [0.2, 0.25) is 5.91 Å². The number of benzene rings is 2. The molecular formula is C15H14BrN3O. The highest BCUT2D eigenvalue weighted by atomic mass is 79.9. The van der Waals surface area contributed by atoms with Crippen molar-refractivity contribution in [1.29, 1.82) is 0 Å². The number of carbonyl (C=O) groups excluding carboxylic acids is 1. The Kier molecular flexibility index (Phi) is 3.46. The molecule has 102 valence electrons.